The lowest BCUT2D eigenvalue weighted by molar-refractivity contribution is 0.0740. The van der Waals surface area contributed by atoms with Gasteiger partial charge in [-0.3, -0.25) is 4.79 Å². The number of carbonyl (C=O) groups excluding carboxylic acids is 1. The fourth-order valence-corrected chi connectivity index (χ4v) is 3.11. The van der Waals surface area contributed by atoms with Crippen molar-refractivity contribution in [1.29, 1.82) is 0 Å². The predicted molar refractivity (Wildman–Crippen MR) is 107 cm³/mol. The minimum Gasteiger partial charge on any atom is -0.337 e. The Bertz CT molecular complexity index is 941. The van der Waals surface area contributed by atoms with Gasteiger partial charge in [0.1, 0.15) is 5.69 Å². The van der Waals surface area contributed by atoms with Gasteiger partial charge in [0.05, 0.1) is 0 Å². The van der Waals surface area contributed by atoms with Gasteiger partial charge in [0, 0.05) is 50.0 Å². The van der Waals surface area contributed by atoms with Crippen LogP contribution in [0.1, 0.15) is 16.2 Å². The minimum atomic E-state index is -0.0877. The number of amides is 1. The van der Waals surface area contributed by atoms with E-state index in [0.717, 1.165) is 11.4 Å². The number of aromatic nitrogens is 4. The topological polar surface area (TPSA) is 87.1 Å². The summed E-state index contributed by atoms with van der Waals surface area (Å²) in [4.78, 5) is 34.2. The first-order chi connectivity index (χ1) is 13.7. The summed E-state index contributed by atoms with van der Waals surface area (Å²) >= 11 is 0. The summed E-state index contributed by atoms with van der Waals surface area (Å²) < 4.78 is 0. The molecule has 1 aliphatic heterocycles. The highest BCUT2D eigenvalue weighted by atomic mass is 16.2. The second-order valence-electron chi connectivity index (χ2n) is 6.54. The van der Waals surface area contributed by atoms with Crippen molar-refractivity contribution in [3.8, 4) is 0 Å². The fraction of sp³-hybridized carbons (Fsp3) is 0.250. The largest absolute Gasteiger partial charge is 0.337 e. The molecule has 1 aromatic carbocycles. The van der Waals surface area contributed by atoms with Gasteiger partial charge in [-0.25, -0.2) is 19.9 Å². The molecule has 3 heterocycles. The highest BCUT2D eigenvalue weighted by Gasteiger charge is 2.24. The number of carbonyl (C=O) groups is 1. The van der Waals surface area contributed by atoms with Crippen LogP contribution in [0.25, 0.3) is 0 Å². The molecule has 2 aromatic heterocycles. The maximum absolute atomic E-state index is 13.0. The lowest BCUT2D eigenvalue weighted by atomic mass is 10.2. The van der Waals surface area contributed by atoms with Crippen molar-refractivity contribution in [2.45, 2.75) is 6.92 Å². The number of para-hydroxylation sites is 1. The number of hydrogen-bond acceptors (Lipinski definition) is 7. The summed E-state index contributed by atoms with van der Waals surface area (Å²) in [5.41, 5.74) is 2.02. The quantitative estimate of drug-likeness (QED) is 0.748. The highest BCUT2D eigenvalue weighted by Crippen LogP contribution is 2.16. The Kier molecular flexibility index (Phi) is 5.09. The molecular formula is C20H21N7O. The van der Waals surface area contributed by atoms with E-state index in [1.165, 1.54) is 0 Å². The fourth-order valence-electron chi connectivity index (χ4n) is 3.11. The number of aryl methyl sites for hydroxylation is 1. The molecule has 1 saturated heterocycles. The lowest BCUT2D eigenvalue weighted by Crippen LogP contribution is -2.49. The summed E-state index contributed by atoms with van der Waals surface area (Å²) in [7, 11) is 0. The number of piperazine rings is 1. The molecule has 4 rings (SSSR count). The summed E-state index contributed by atoms with van der Waals surface area (Å²) in [6, 6.07) is 13.2. The molecule has 3 aromatic rings. The molecule has 0 atom stereocenters. The normalized spacial score (nSPS) is 14.0. The molecule has 8 heteroatoms. The van der Waals surface area contributed by atoms with Crippen LogP contribution in [0.5, 0.6) is 0 Å². The van der Waals surface area contributed by atoms with Crippen LogP contribution in [0, 0.1) is 6.92 Å². The van der Waals surface area contributed by atoms with E-state index < -0.39 is 0 Å². The molecule has 1 amide bonds. The minimum absolute atomic E-state index is 0.0877. The van der Waals surface area contributed by atoms with Crippen molar-refractivity contribution < 1.29 is 4.79 Å². The van der Waals surface area contributed by atoms with E-state index in [4.69, 9.17) is 0 Å². The van der Waals surface area contributed by atoms with Gasteiger partial charge < -0.3 is 15.1 Å². The van der Waals surface area contributed by atoms with E-state index in [0.29, 0.717) is 43.8 Å². The van der Waals surface area contributed by atoms with Gasteiger partial charge in [0.15, 0.2) is 0 Å². The second kappa shape index (κ2) is 7.99. The van der Waals surface area contributed by atoms with E-state index in [1.807, 2.05) is 42.2 Å². The lowest BCUT2D eigenvalue weighted by Gasteiger charge is -2.34. The summed E-state index contributed by atoms with van der Waals surface area (Å²) in [6.45, 7) is 4.44. The number of benzene rings is 1. The highest BCUT2D eigenvalue weighted by molar-refractivity contribution is 5.93. The zero-order valence-electron chi connectivity index (χ0n) is 15.6. The van der Waals surface area contributed by atoms with Crippen LogP contribution < -0.4 is 10.2 Å². The Morgan fingerprint density at radius 3 is 2.39 bits per heavy atom. The number of nitrogens with one attached hydrogen (secondary N) is 1. The Morgan fingerprint density at radius 1 is 0.964 bits per heavy atom. The molecule has 0 unspecified atom stereocenters. The molecule has 8 nitrogen and oxygen atoms in total. The van der Waals surface area contributed by atoms with Crippen molar-refractivity contribution in [2.75, 3.05) is 36.4 Å². The van der Waals surface area contributed by atoms with E-state index >= 15 is 0 Å². The molecule has 0 saturated carbocycles. The van der Waals surface area contributed by atoms with E-state index in [-0.39, 0.29) is 5.91 Å². The van der Waals surface area contributed by atoms with Gasteiger partial charge in [-0.2, -0.15) is 0 Å². The second-order valence-corrected chi connectivity index (χ2v) is 6.54. The molecule has 1 aliphatic rings. The first-order valence-corrected chi connectivity index (χ1v) is 9.18. The number of nitrogens with zero attached hydrogens (tertiary/aromatic N) is 6. The molecule has 0 radical (unpaired) electrons. The smallest absolute Gasteiger partial charge is 0.272 e. The zero-order valence-corrected chi connectivity index (χ0v) is 15.6. The monoisotopic (exact) mass is 375 g/mol. The Labute approximate surface area is 163 Å². The van der Waals surface area contributed by atoms with Crippen LogP contribution in [0.15, 0.2) is 54.9 Å². The van der Waals surface area contributed by atoms with E-state index in [2.05, 4.69) is 30.2 Å². The summed E-state index contributed by atoms with van der Waals surface area (Å²) in [6.07, 6.45) is 3.45. The molecule has 28 heavy (non-hydrogen) atoms. The van der Waals surface area contributed by atoms with Crippen LogP contribution >= 0.6 is 0 Å². The Morgan fingerprint density at radius 2 is 1.68 bits per heavy atom. The third-order valence-electron chi connectivity index (χ3n) is 4.51. The Hall–Kier alpha value is -3.55. The first-order valence-electron chi connectivity index (χ1n) is 9.18. The van der Waals surface area contributed by atoms with Crippen molar-refractivity contribution in [3.05, 3.63) is 66.2 Å². The standard InChI is InChI=1S/C20H21N7O/c1-15-14-17(25-19(23-15)24-16-6-3-2-4-7-16)18(28)26-10-12-27(13-11-26)20-21-8-5-9-22-20/h2-9,14H,10-13H2,1H3,(H,23,24,25). The van der Waals surface area contributed by atoms with Gasteiger partial charge in [-0.15, -0.1) is 0 Å². The maximum atomic E-state index is 13.0. The van der Waals surface area contributed by atoms with Crippen LogP contribution in [-0.2, 0) is 0 Å². The molecule has 1 N–H and O–H groups in total. The Balaban J connectivity index is 1.45. The van der Waals surface area contributed by atoms with Gasteiger partial charge in [0.25, 0.3) is 5.91 Å². The van der Waals surface area contributed by atoms with Crippen molar-refractivity contribution in [3.63, 3.8) is 0 Å². The first kappa shape index (κ1) is 17.8. The average Bonchev–Trinajstić information content (AvgIpc) is 2.74. The van der Waals surface area contributed by atoms with E-state index in [1.54, 1.807) is 24.5 Å². The third kappa shape index (κ3) is 4.06. The van der Waals surface area contributed by atoms with Gasteiger partial charge in [0.2, 0.25) is 11.9 Å². The van der Waals surface area contributed by atoms with E-state index in [9.17, 15) is 4.79 Å². The number of hydrogen-bond donors (Lipinski definition) is 1. The van der Waals surface area contributed by atoms with Crippen LogP contribution in [-0.4, -0.2) is 56.9 Å². The number of rotatable bonds is 4. The molecule has 0 spiro atoms. The SMILES string of the molecule is Cc1cc(C(=O)N2CCN(c3ncccn3)CC2)nc(Nc2ccccc2)n1. The molecule has 0 aliphatic carbocycles. The van der Waals surface area contributed by atoms with Gasteiger partial charge in [-0.1, -0.05) is 18.2 Å². The molecule has 142 valence electrons. The zero-order chi connectivity index (χ0) is 19.3. The average molecular weight is 375 g/mol. The van der Waals surface area contributed by atoms with Crippen molar-refractivity contribution in [2.24, 2.45) is 0 Å². The summed E-state index contributed by atoms with van der Waals surface area (Å²) in [5, 5.41) is 3.15. The number of anilines is 3. The molecular weight excluding hydrogens is 354 g/mol. The molecule has 1 fully saturated rings. The van der Waals surface area contributed by atoms with Crippen LogP contribution in [0.3, 0.4) is 0 Å². The third-order valence-corrected chi connectivity index (χ3v) is 4.51. The van der Waals surface area contributed by atoms with Crippen molar-refractivity contribution >= 4 is 23.5 Å². The van der Waals surface area contributed by atoms with Crippen molar-refractivity contribution in [1.82, 2.24) is 24.8 Å². The van der Waals surface area contributed by atoms with Gasteiger partial charge >= 0.3 is 0 Å². The maximum Gasteiger partial charge on any atom is 0.272 e. The molecule has 0 bridgehead atoms. The van der Waals surface area contributed by atoms with Crippen LogP contribution in [0.2, 0.25) is 0 Å². The summed E-state index contributed by atoms with van der Waals surface area (Å²) in [5.74, 6) is 1.03. The predicted octanol–water partition coefficient (Wildman–Crippen LogP) is 2.28. The van der Waals surface area contributed by atoms with Gasteiger partial charge in [-0.05, 0) is 31.2 Å². The van der Waals surface area contributed by atoms with Crippen LogP contribution in [0.4, 0.5) is 17.6 Å².